The zero-order valence-corrected chi connectivity index (χ0v) is 9.42. The molecule has 0 fully saturated rings. The summed E-state index contributed by atoms with van der Waals surface area (Å²) in [5, 5.41) is 10.1. The molecule has 0 rings (SSSR count). The molecule has 0 saturated carbocycles. The molecule has 0 aliphatic carbocycles. The molecule has 0 aromatic carbocycles. The van der Waals surface area contributed by atoms with Crippen molar-refractivity contribution < 1.29 is 18.1 Å². The van der Waals surface area contributed by atoms with Crippen LogP contribution >= 0.6 is 0 Å². The highest BCUT2D eigenvalue weighted by molar-refractivity contribution is 4.66. The van der Waals surface area contributed by atoms with Crippen molar-refractivity contribution in [3.8, 4) is 0 Å². The van der Waals surface area contributed by atoms with Crippen LogP contribution in [0.5, 0.6) is 0 Å². The van der Waals surface area contributed by atoms with Crippen molar-refractivity contribution >= 4 is 0 Å². The first-order chi connectivity index (χ1) is 7.38. The first-order valence-corrected chi connectivity index (χ1v) is 5.56. The van der Waals surface area contributed by atoms with E-state index in [1.807, 2.05) is 6.92 Å². The average Bonchev–Trinajstić information content (AvgIpc) is 2.13. The lowest BCUT2D eigenvalue weighted by Gasteiger charge is -2.16. The molecule has 0 spiro atoms. The summed E-state index contributed by atoms with van der Waals surface area (Å²) in [6, 6.07) is 0. The van der Waals surface area contributed by atoms with Crippen LogP contribution in [0.2, 0.25) is 0 Å². The Morgan fingerprint density at radius 1 is 1.19 bits per heavy atom. The van der Waals surface area contributed by atoms with Crippen molar-refractivity contribution in [3.05, 3.63) is 10.1 Å². The van der Waals surface area contributed by atoms with Crippen molar-refractivity contribution in [1.29, 1.82) is 0 Å². The Morgan fingerprint density at radius 3 is 2.19 bits per heavy atom. The summed E-state index contributed by atoms with van der Waals surface area (Å²) < 4.78 is 37.1. The van der Waals surface area contributed by atoms with Crippen LogP contribution in [0.15, 0.2) is 0 Å². The van der Waals surface area contributed by atoms with Gasteiger partial charge in [0.1, 0.15) is 5.92 Å². The third kappa shape index (κ3) is 7.48. The largest absolute Gasteiger partial charge is 0.398 e. The molecule has 0 saturated heterocycles. The number of hydrogen-bond acceptors (Lipinski definition) is 2. The zero-order valence-electron chi connectivity index (χ0n) is 9.42. The Hall–Kier alpha value is -0.810. The van der Waals surface area contributed by atoms with Gasteiger partial charge in [0.2, 0.25) is 6.54 Å². The summed E-state index contributed by atoms with van der Waals surface area (Å²) in [6.07, 6.45) is -0.509. The molecule has 96 valence electrons. The molecule has 0 N–H and O–H groups in total. The van der Waals surface area contributed by atoms with Gasteiger partial charge in [0, 0.05) is 4.92 Å². The van der Waals surface area contributed by atoms with Crippen LogP contribution in [0.25, 0.3) is 0 Å². The fourth-order valence-corrected chi connectivity index (χ4v) is 1.53. The van der Waals surface area contributed by atoms with Crippen molar-refractivity contribution in [2.45, 2.75) is 51.6 Å². The molecule has 0 unspecified atom stereocenters. The van der Waals surface area contributed by atoms with Gasteiger partial charge in [-0.05, 0) is 6.42 Å². The molecule has 3 nitrogen and oxygen atoms in total. The maximum absolute atomic E-state index is 12.4. The maximum atomic E-state index is 12.4. The molecule has 0 aliphatic rings. The molecule has 0 bridgehead atoms. The normalized spacial score (nSPS) is 13.8. The summed E-state index contributed by atoms with van der Waals surface area (Å²) in [5.74, 6) is -1.79. The first-order valence-electron chi connectivity index (χ1n) is 5.56. The van der Waals surface area contributed by atoms with E-state index in [4.69, 9.17) is 0 Å². The van der Waals surface area contributed by atoms with Gasteiger partial charge in [0.25, 0.3) is 0 Å². The summed E-state index contributed by atoms with van der Waals surface area (Å²) in [5.41, 5.74) is 0. The summed E-state index contributed by atoms with van der Waals surface area (Å²) in [7, 11) is 0. The highest BCUT2D eigenvalue weighted by Gasteiger charge is 2.42. The molecule has 16 heavy (non-hydrogen) atoms. The van der Waals surface area contributed by atoms with Crippen molar-refractivity contribution in [1.82, 2.24) is 0 Å². The van der Waals surface area contributed by atoms with E-state index >= 15 is 0 Å². The van der Waals surface area contributed by atoms with Gasteiger partial charge in [0.15, 0.2) is 0 Å². The van der Waals surface area contributed by atoms with Gasteiger partial charge in [-0.2, -0.15) is 13.2 Å². The number of hydrogen-bond donors (Lipinski definition) is 0. The van der Waals surface area contributed by atoms with Crippen LogP contribution in [0.1, 0.15) is 45.4 Å². The van der Waals surface area contributed by atoms with Gasteiger partial charge < -0.3 is 0 Å². The van der Waals surface area contributed by atoms with Gasteiger partial charge in [-0.25, -0.2) is 0 Å². The quantitative estimate of drug-likeness (QED) is 0.368. The Morgan fingerprint density at radius 2 is 1.75 bits per heavy atom. The number of halogens is 3. The topological polar surface area (TPSA) is 43.1 Å². The van der Waals surface area contributed by atoms with Crippen LogP contribution in [-0.2, 0) is 0 Å². The van der Waals surface area contributed by atoms with Gasteiger partial charge in [-0.3, -0.25) is 10.1 Å². The van der Waals surface area contributed by atoms with Gasteiger partial charge in [-0.1, -0.05) is 39.0 Å². The van der Waals surface area contributed by atoms with Crippen molar-refractivity contribution in [2.75, 3.05) is 6.54 Å². The smallest absolute Gasteiger partial charge is 0.265 e. The van der Waals surface area contributed by atoms with E-state index in [-0.39, 0.29) is 6.42 Å². The van der Waals surface area contributed by atoms with Crippen LogP contribution in [0.4, 0.5) is 13.2 Å². The van der Waals surface area contributed by atoms with Crippen LogP contribution in [-0.4, -0.2) is 17.6 Å². The molecular weight excluding hydrogens is 223 g/mol. The monoisotopic (exact) mass is 241 g/mol. The Bertz CT molecular complexity index is 207. The second-order valence-corrected chi connectivity index (χ2v) is 3.96. The van der Waals surface area contributed by atoms with Gasteiger partial charge >= 0.3 is 6.18 Å². The van der Waals surface area contributed by atoms with E-state index < -0.39 is 23.6 Å². The second kappa shape index (κ2) is 7.46. The second-order valence-electron chi connectivity index (χ2n) is 3.96. The molecule has 0 aromatic rings. The summed E-state index contributed by atoms with van der Waals surface area (Å²) >= 11 is 0. The number of rotatable bonds is 8. The molecule has 1 atom stereocenters. The predicted molar refractivity (Wildman–Crippen MR) is 54.8 cm³/mol. The van der Waals surface area contributed by atoms with Gasteiger partial charge in [0.05, 0.1) is 0 Å². The molecule has 0 aromatic heterocycles. The van der Waals surface area contributed by atoms with Crippen LogP contribution in [0.3, 0.4) is 0 Å². The number of nitro groups is 1. The predicted octanol–water partition coefficient (Wildman–Crippen LogP) is 3.80. The standard InChI is InChI=1S/C10H18F3NO2/c1-2-3-4-5-6-7-9(8-14(15)16)10(11,12)13/h9H,2-8H2,1H3/t9-/m1/s1. The third-order valence-electron chi connectivity index (χ3n) is 2.49. The summed E-state index contributed by atoms with van der Waals surface area (Å²) in [6.45, 7) is 1.02. The lowest BCUT2D eigenvalue weighted by Crippen LogP contribution is -2.29. The average molecular weight is 241 g/mol. The first kappa shape index (κ1) is 15.2. The van der Waals surface area contributed by atoms with Gasteiger partial charge in [-0.15, -0.1) is 0 Å². The van der Waals surface area contributed by atoms with E-state index in [1.165, 1.54) is 0 Å². The molecular formula is C10H18F3NO2. The fourth-order valence-electron chi connectivity index (χ4n) is 1.53. The minimum Gasteiger partial charge on any atom is -0.265 e. The minimum absolute atomic E-state index is 0.131. The molecule has 0 heterocycles. The van der Waals surface area contributed by atoms with Crippen LogP contribution < -0.4 is 0 Å². The van der Waals surface area contributed by atoms with E-state index in [0.29, 0.717) is 6.42 Å². The highest BCUT2D eigenvalue weighted by atomic mass is 19.4. The number of unbranched alkanes of at least 4 members (excludes halogenated alkanes) is 4. The van der Waals surface area contributed by atoms with E-state index in [9.17, 15) is 23.3 Å². The fraction of sp³-hybridized carbons (Fsp3) is 1.00. The number of alkyl halides is 3. The van der Waals surface area contributed by atoms with E-state index in [0.717, 1.165) is 25.7 Å². The molecule has 0 radical (unpaired) electrons. The Kier molecular flexibility index (Phi) is 7.08. The van der Waals surface area contributed by atoms with Crippen LogP contribution in [0, 0.1) is 16.0 Å². The third-order valence-corrected chi connectivity index (χ3v) is 2.49. The molecule has 0 aliphatic heterocycles. The Labute approximate surface area is 93.2 Å². The van der Waals surface area contributed by atoms with E-state index in [2.05, 4.69) is 0 Å². The lowest BCUT2D eigenvalue weighted by atomic mass is 10.00. The maximum Gasteiger partial charge on any atom is 0.398 e. The molecule has 6 heteroatoms. The summed E-state index contributed by atoms with van der Waals surface area (Å²) in [4.78, 5) is 9.21. The Balaban J connectivity index is 3.89. The SMILES string of the molecule is CCCCCCC[C@H](C[N+](=O)[O-])C(F)(F)F. The van der Waals surface area contributed by atoms with E-state index in [1.54, 1.807) is 0 Å². The zero-order chi connectivity index (χ0) is 12.6. The highest BCUT2D eigenvalue weighted by Crippen LogP contribution is 2.30. The lowest BCUT2D eigenvalue weighted by molar-refractivity contribution is -0.497. The number of nitrogens with zero attached hydrogens (tertiary/aromatic N) is 1. The molecule has 0 amide bonds. The van der Waals surface area contributed by atoms with Crippen molar-refractivity contribution in [3.63, 3.8) is 0 Å². The van der Waals surface area contributed by atoms with Crippen molar-refractivity contribution in [2.24, 2.45) is 5.92 Å². The minimum atomic E-state index is -4.45.